The normalized spacial score (nSPS) is 15.7. The molecule has 1 aliphatic heterocycles. The molecular formula is C14H16ClFN2O2S. The number of esters is 1. The molecule has 0 unspecified atom stereocenters. The van der Waals surface area contributed by atoms with Crippen LogP contribution in [0, 0.1) is 11.7 Å². The summed E-state index contributed by atoms with van der Waals surface area (Å²) in [6, 6.07) is 4.36. The van der Waals surface area contributed by atoms with E-state index >= 15 is 0 Å². The van der Waals surface area contributed by atoms with Gasteiger partial charge in [-0.25, -0.2) is 4.39 Å². The van der Waals surface area contributed by atoms with Crippen LogP contribution in [-0.4, -0.2) is 36.2 Å². The summed E-state index contributed by atoms with van der Waals surface area (Å²) < 4.78 is 17.8. The van der Waals surface area contributed by atoms with E-state index < -0.39 is 5.82 Å². The number of likely N-dealkylation sites (tertiary alicyclic amines) is 1. The second kappa shape index (κ2) is 7.04. The molecule has 21 heavy (non-hydrogen) atoms. The third-order valence-electron chi connectivity index (χ3n) is 3.49. The fourth-order valence-corrected chi connectivity index (χ4v) is 2.74. The van der Waals surface area contributed by atoms with Crippen LogP contribution in [0.3, 0.4) is 0 Å². The van der Waals surface area contributed by atoms with Crippen molar-refractivity contribution in [3.8, 4) is 0 Å². The molecule has 1 aromatic carbocycles. The van der Waals surface area contributed by atoms with Crippen molar-refractivity contribution in [2.75, 3.05) is 25.5 Å². The number of hydrogen-bond acceptors (Lipinski definition) is 3. The van der Waals surface area contributed by atoms with Gasteiger partial charge in [0.2, 0.25) is 0 Å². The van der Waals surface area contributed by atoms with Crippen molar-refractivity contribution in [2.45, 2.75) is 12.8 Å². The van der Waals surface area contributed by atoms with Gasteiger partial charge in [-0.1, -0.05) is 11.6 Å². The maximum atomic E-state index is 13.1. The molecule has 0 atom stereocenters. The molecule has 0 aliphatic carbocycles. The fourth-order valence-electron chi connectivity index (χ4n) is 2.26. The molecule has 1 N–H and O–H groups in total. The molecule has 1 fully saturated rings. The summed E-state index contributed by atoms with van der Waals surface area (Å²) in [5.41, 5.74) is 0.640. The topological polar surface area (TPSA) is 41.6 Å². The summed E-state index contributed by atoms with van der Waals surface area (Å²) in [6.45, 7) is 1.36. The van der Waals surface area contributed by atoms with E-state index in [1.807, 2.05) is 4.90 Å². The van der Waals surface area contributed by atoms with Crippen LogP contribution in [0.15, 0.2) is 18.2 Å². The molecule has 0 bridgehead atoms. The Kier molecular flexibility index (Phi) is 5.36. The Hall–Kier alpha value is -1.40. The molecular weight excluding hydrogens is 315 g/mol. The van der Waals surface area contributed by atoms with Gasteiger partial charge in [-0.15, -0.1) is 0 Å². The van der Waals surface area contributed by atoms with Crippen molar-refractivity contribution in [1.82, 2.24) is 4.90 Å². The molecule has 7 heteroatoms. The first kappa shape index (κ1) is 16.0. The van der Waals surface area contributed by atoms with Crippen LogP contribution in [0.4, 0.5) is 10.1 Å². The second-order valence-electron chi connectivity index (χ2n) is 4.84. The Morgan fingerprint density at radius 2 is 2.14 bits per heavy atom. The Balaban J connectivity index is 1.90. The molecule has 0 saturated carbocycles. The zero-order valence-corrected chi connectivity index (χ0v) is 13.1. The molecule has 1 saturated heterocycles. The standard InChI is InChI=1S/C14H16ClFN2O2S/c1-20-13(19)9-4-6-18(7-5-9)14(21)17-10-2-3-12(16)11(15)8-10/h2-3,8-9H,4-7H2,1H3,(H,17,21). The molecule has 2 rings (SSSR count). The number of ether oxygens (including phenoxy) is 1. The number of piperidine rings is 1. The van der Waals surface area contributed by atoms with E-state index in [1.54, 1.807) is 6.07 Å². The first-order chi connectivity index (χ1) is 10.0. The summed E-state index contributed by atoms with van der Waals surface area (Å²) >= 11 is 11.1. The summed E-state index contributed by atoms with van der Waals surface area (Å²) in [6.07, 6.45) is 1.41. The second-order valence-corrected chi connectivity index (χ2v) is 5.64. The molecule has 1 aliphatic rings. The Morgan fingerprint density at radius 3 is 2.71 bits per heavy atom. The lowest BCUT2D eigenvalue weighted by atomic mass is 9.97. The first-order valence-corrected chi connectivity index (χ1v) is 7.38. The molecule has 1 heterocycles. The zero-order chi connectivity index (χ0) is 15.4. The number of anilines is 1. The van der Waals surface area contributed by atoms with Gasteiger partial charge in [-0.2, -0.15) is 0 Å². The predicted octanol–water partition coefficient (Wildman–Crippen LogP) is 3.06. The number of halogens is 2. The van der Waals surface area contributed by atoms with Gasteiger partial charge in [0.1, 0.15) is 5.82 Å². The maximum Gasteiger partial charge on any atom is 0.308 e. The van der Waals surface area contributed by atoms with Crippen molar-refractivity contribution in [2.24, 2.45) is 5.92 Å². The lowest BCUT2D eigenvalue weighted by Gasteiger charge is -2.32. The van der Waals surface area contributed by atoms with E-state index in [-0.39, 0.29) is 16.9 Å². The van der Waals surface area contributed by atoms with E-state index in [4.69, 9.17) is 28.6 Å². The van der Waals surface area contributed by atoms with Gasteiger partial charge in [0, 0.05) is 18.8 Å². The zero-order valence-electron chi connectivity index (χ0n) is 11.6. The lowest BCUT2D eigenvalue weighted by molar-refractivity contribution is -0.146. The smallest absolute Gasteiger partial charge is 0.308 e. The Morgan fingerprint density at radius 1 is 1.48 bits per heavy atom. The van der Waals surface area contributed by atoms with Crippen LogP contribution in [0.5, 0.6) is 0 Å². The summed E-state index contributed by atoms with van der Waals surface area (Å²) in [4.78, 5) is 13.4. The van der Waals surface area contributed by atoms with Crippen molar-refractivity contribution >= 4 is 40.6 Å². The minimum Gasteiger partial charge on any atom is -0.469 e. The molecule has 0 spiro atoms. The van der Waals surface area contributed by atoms with Crippen LogP contribution in [0.2, 0.25) is 5.02 Å². The predicted molar refractivity (Wildman–Crippen MR) is 83.9 cm³/mol. The number of nitrogens with zero attached hydrogens (tertiary/aromatic N) is 1. The van der Waals surface area contributed by atoms with Crippen molar-refractivity contribution < 1.29 is 13.9 Å². The van der Waals surface area contributed by atoms with Gasteiger partial charge >= 0.3 is 5.97 Å². The van der Waals surface area contributed by atoms with Crippen molar-refractivity contribution in [1.29, 1.82) is 0 Å². The highest BCUT2D eigenvalue weighted by atomic mass is 35.5. The number of benzene rings is 1. The van der Waals surface area contributed by atoms with Crippen LogP contribution in [0.1, 0.15) is 12.8 Å². The number of carbonyl (C=O) groups excluding carboxylic acids is 1. The quantitative estimate of drug-likeness (QED) is 0.667. The SMILES string of the molecule is COC(=O)C1CCN(C(=S)Nc2ccc(F)c(Cl)c2)CC1. The van der Waals surface area contributed by atoms with Gasteiger partial charge in [0.05, 0.1) is 18.1 Å². The Labute approximate surface area is 133 Å². The highest BCUT2D eigenvalue weighted by Crippen LogP contribution is 2.22. The molecule has 0 amide bonds. The number of methoxy groups -OCH3 is 1. The number of nitrogens with one attached hydrogen (secondary N) is 1. The van der Waals surface area contributed by atoms with E-state index in [9.17, 15) is 9.18 Å². The van der Waals surface area contributed by atoms with Crippen molar-refractivity contribution in [3.63, 3.8) is 0 Å². The van der Waals surface area contributed by atoms with Gasteiger partial charge in [0.25, 0.3) is 0 Å². The van der Waals surface area contributed by atoms with Crippen LogP contribution in [0.25, 0.3) is 0 Å². The van der Waals surface area contributed by atoms with Crippen LogP contribution >= 0.6 is 23.8 Å². The molecule has 0 radical (unpaired) electrons. The molecule has 0 aromatic heterocycles. The average Bonchev–Trinajstić information content (AvgIpc) is 2.50. The van der Waals surface area contributed by atoms with Gasteiger partial charge < -0.3 is 15.0 Å². The average molecular weight is 331 g/mol. The van der Waals surface area contributed by atoms with E-state index in [1.165, 1.54) is 19.2 Å². The highest BCUT2D eigenvalue weighted by molar-refractivity contribution is 7.80. The van der Waals surface area contributed by atoms with Gasteiger partial charge in [0.15, 0.2) is 5.11 Å². The van der Waals surface area contributed by atoms with Gasteiger partial charge in [-0.05, 0) is 43.3 Å². The van der Waals surface area contributed by atoms with Crippen molar-refractivity contribution in [3.05, 3.63) is 29.0 Å². The molecule has 4 nitrogen and oxygen atoms in total. The molecule has 114 valence electrons. The number of rotatable bonds is 2. The largest absolute Gasteiger partial charge is 0.469 e. The number of hydrogen-bond donors (Lipinski definition) is 1. The van der Waals surface area contributed by atoms with Gasteiger partial charge in [-0.3, -0.25) is 4.79 Å². The van der Waals surface area contributed by atoms with E-state index in [2.05, 4.69) is 5.32 Å². The number of thiocarbonyl (C=S) groups is 1. The minimum absolute atomic E-state index is 0.0483. The number of carbonyl (C=O) groups is 1. The summed E-state index contributed by atoms with van der Waals surface area (Å²) in [7, 11) is 1.40. The Bertz CT molecular complexity index is 548. The maximum absolute atomic E-state index is 13.1. The monoisotopic (exact) mass is 330 g/mol. The summed E-state index contributed by atoms with van der Waals surface area (Å²) in [5, 5.41) is 3.62. The van der Waals surface area contributed by atoms with E-state index in [0.717, 1.165) is 0 Å². The van der Waals surface area contributed by atoms with E-state index in [0.29, 0.717) is 36.7 Å². The fraction of sp³-hybridized carbons (Fsp3) is 0.429. The highest BCUT2D eigenvalue weighted by Gasteiger charge is 2.26. The lowest BCUT2D eigenvalue weighted by Crippen LogP contribution is -2.42. The third-order valence-corrected chi connectivity index (χ3v) is 4.14. The minimum atomic E-state index is -0.466. The first-order valence-electron chi connectivity index (χ1n) is 6.60. The molecule has 1 aromatic rings. The van der Waals surface area contributed by atoms with Crippen LogP contribution < -0.4 is 5.32 Å². The third kappa shape index (κ3) is 4.04. The summed E-state index contributed by atoms with van der Waals surface area (Å²) in [5.74, 6) is -0.694. The van der Waals surface area contributed by atoms with Crippen LogP contribution in [-0.2, 0) is 9.53 Å².